The molecule has 8 heteroatoms. The Morgan fingerprint density at radius 2 is 1.79 bits per heavy atom. The van der Waals surface area contributed by atoms with Crippen LogP contribution in [-0.4, -0.2) is 65.3 Å². The van der Waals surface area contributed by atoms with Gasteiger partial charge in [-0.25, -0.2) is 19.8 Å². The predicted molar refractivity (Wildman–Crippen MR) is 116 cm³/mol. The molecule has 3 heterocycles. The Balaban J connectivity index is 1.49. The molecule has 0 atom stereocenters. The maximum absolute atomic E-state index is 11.4. The Hall–Kier alpha value is -2.29. The number of benzene rings is 1. The van der Waals surface area contributed by atoms with Crippen molar-refractivity contribution in [3.63, 3.8) is 0 Å². The van der Waals surface area contributed by atoms with Gasteiger partial charge in [0.1, 0.15) is 0 Å². The summed E-state index contributed by atoms with van der Waals surface area (Å²) in [5.74, 6) is -0.150. The minimum absolute atomic E-state index is 0.191. The number of carbonyl (C=O) groups is 1. The number of hydrogen-bond acceptors (Lipinski definition) is 7. The van der Waals surface area contributed by atoms with Crippen molar-refractivity contribution in [1.82, 2.24) is 15.0 Å². The van der Waals surface area contributed by atoms with Crippen molar-refractivity contribution >= 4 is 29.4 Å². The third-order valence-corrected chi connectivity index (χ3v) is 6.23. The van der Waals surface area contributed by atoms with Crippen LogP contribution in [0, 0.1) is 6.92 Å². The number of hydrazine groups is 1. The summed E-state index contributed by atoms with van der Waals surface area (Å²) in [5.41, 5.74) is 2.12. The molecule has 0 saturated carbocycles. The van der Waals surface area contributed by atoms with Gasteiger partial charge in [0.25, 0.3) is 0 Å². The lowest BCUT2D eigenvalue weighted by molar-refractivity contribution is -0.00767. The van der Waals surface area contributed by atoms with E-state index in [1.54, 1.807) is 6.07 Å². The second kappa shape index (κ2) is 9.02. The Morgan fingerprint density at radius 3 is 2.48 bits per heavy atom. The van der Waals surface area contributed by atoms with Gasteiger partial charge in [-0.3, -0.25) is 0 Å². The molecule has 0 unspecified atom stereocenters. The Morgan fingerprint density at radius 1 is 1.07 bits per heavy atom. The molecule has 0 amide bonds. The lowest BCUT2D eigenvalue weighted by Gasteiger charge is -2.40. The van der Waals surface area contributed by atoms with Crippen LogP contribution in [0.15, 0.2) is 41.4 Å². The molecule has 0 aliphatic carbocycles. The van der Waals surface area contributed by atoms with Crippen LogP contribution in [-0.2, 0) is 0 Å². The quantitative estimate of drug-likeness (QED) is 0.699. The van der Waals surface area contributed by atoms with E-state index in [9.17, 15) is 9.90 Å². The average molecular weight is 414 g/mol. The van der Waals surface area contributed by atoms with Crippen LogP contribution in [0.25, 0.3) is 0 Å². The minimum atomic E-state index is -0.966. The van der Waals surface area contributed by atoms with E-state index in [2.05, 4.69) is 43.7 Å². The van der Waals surface area contributed by atoms with Gasteiger partial charge in [0.15, 0.2) is 5.82 Å². The Labute approximate surface area is 175 Å². The number of carboxylic acid groups (broad SMARTS) is 1. The molecule has 1 aromatic carbocycles. The van der Waals surface area contributed by atoms with Gasteiger partial charge < -0.3 is 14.7 Å². The van der Waals surface area contributed by atoms with Crippen molar-refractivity contribution in [2.75, 3.05) is 48.9 Å². The van der Waals surface area contributed by atoms with Crippen LogP contribution in [0.3, 0.4) is 0 Å². The number of piperazine rings is 1. The van der Waals surface area contributed by atoms with Crippen LogP contribution < -0.4 is 9.62 Å². The fourth-order valence-corrected chi connectivity index (χ4v) is 4.64. The van der Waals surface area contributed by atoms with Crippen LogP contribution in [0.2, 0.25) is 0 Å². The molecule has 2 aliphatic heterocycles. The lowest BCUT2D eigenvalue weighted by Crippen LogP contribution is -2.53. The monoisotopic (exact) mass is 413 g/mol. The molecule has 0 bridgehead atoms. The van der Waals surface area contributed by atoms with Crippen molar-refractivity contribution in [2.45, 2.75) is 24.7 Å². The molecule has 2 aromatic rings. The van der Waals surface area contributed by atoms with Gasteiger partial charge in [-0.15, -0.1) is 0 Å². The fraction of sp³-hybridized carbons (Fsp3) is 0.429. The van der Waals surface area contributed by atoms with Crippen molar-refractivity contribution < 1.29 is 9.90 Å². The van der Waals surface area contributed by atoms with Crippen molar-refractivity contribution in [3.8, 4) is 0 Å². The number of anilines is 2. The predicted octanol–water partition coefficient (Wildman–Crippen LogP) is 3.34. The normalized spacial score (nSPS) is 18.2. The first-order chi connectivity index (χ1) is 14.1. The van der Waals surface area contributed by atoms with E-state index in [0.717, 1.165) is 55.7 Å². The molecular formula is C21H27N5O2S. The van der Waals surface area contributed by atoms with E-state index in [1.165, 1.54) is 36.5 Å². The van der Waals surface area contributed by atoms with Crippen molar-refractivity contribution in [3.05, 3.63) is 47.7 Å². The molecule has 1 aromatic heterocycles. The molecule has 2 saturated heterocycles. The summed E-state index contributed by atoms with van der Waals surface area (Å²) >= 11 is 1.48. The molecule has 0 spiro atoms. The lowest BCUT2D eigenvalue weighted by atomic mass is 10.2. The number of pyridine rings is 1. The highest BCUT2D eigenvalue weighted by molar-refractivity contribution is 8.00. The number of aromatic carboxylic acids is 1. The topological polar surface area (TPSA) is 71.9 Å². The smallest absolute Gasteiger partial charge is 0.337 e. The third kappa shape index (κ3) is 4.83. The van der Waals surface area contributed by atoms with Gasteiger partial charge in [0.2, 0.25) is 0 Å². The Kier molecular flexibility index (Phi) is 6.22. The first kappa shape index (κ1) is 20.0. The molecule has 2 aliphatic rings. The second-order valence-electron chi connectivity index (χ2n) is 7.52. The number of rotatable bonds is 6. The zero-order valence-electron chi connectivity index (χ0n) is 16.7. The summed E-state index contributed by atoms with van der Waals surface area (Å²) in [5, 5.41) is 14.3. The standard InChI is InChI=1S/C21H27N5O2S/c1-16-5-4-6-18(13-16)29-23-19-14-17(21(27)28)15-22-20(19)24-9-11-26(12-10-24)25-7-2-3-8-25/h4-6,13-15,23H,2-3,7-12H2,1H3,(H,27,28). The van der Waals surface area contributed by atoms with Gasteiger partial charge >= 0.3 is 5.97 Å². The molecule has 2 fully saturated rings. The molecule has 154 valence electrons. The summed E-state index contributed by atoms with van der Waals surface area (Å²) in [7, 11) is 0. The highest BCUT2D eigenvalue weighted by Crippen LogP contribution is 2.30. The first-order valence-electron chi connectivity index (χ1n) is 10.1. The van der Waals surface area contributed by atoms with Crippen LogP contribution in [0.1, 0.15) is 28.8 Å². The molecule has 29 heavy (non-hydrogen) atoms. The van der Waals surface area contributed by atoms with E-state index in [0.29, 0.717) is 0 Å². The largest absolute Gasteiger partial charge is 0.478 e. The van der Waals surface area contributed by atoms with Crippen molar-refractivity contribution in [2.24, 2.45) is 0 Å². The van der Waals surface area contributed by atoms with Gasteiger partial charge in [0.05, 0.1) is 11.3 Å². The van der Waals surface area contributed by atoms with Crippen LogP contribution in [0.4, 0.5) is 11.5 Å². The number of nitrogens with one attached hydrogen (secondary N) is 1. The van der Waals surface area contributed by atoms with Crippen molar-refractivity contribution in [1.29, 1.82) is 0 Å². The first-order valence-corrected chi connectivity index (χ1v) is 10.9. The minimum Gasteiger partial charge on any atom is -0.478 e. The van der Waals surface area contributed by atoms with E-state index < -0.39 is 5.97 Å². The van der Waals surface area contributed by atoms with Gasteiger partial charge in [-0.05, 0) is 55.5 Å². The zero-order valence-corrected chi connectivity index (χ0v) is 17.5. The van der Waals surface area contributed by atoms with E-state index in [4.69, 9.17) is 0 Å². The molecule has 4 rings (SSSR count). The van der Waals surface area contributed by atoms with E-state index in [1.807, 2.05) is 12.1 Å². The summed E-state index contributed by atoms with van der Waals surface area (Å²) in [4.78, 5) is 19.3. The SMILES string of the molecule is Cc1cccc(SNc2cc(C(=O)O)cnc2N2CCN(N3CCCC3)CC2)c1. The summed E-state index contributed by atoms with van der Waals surface area (Å²) in [6.07, 6.45) is 4.01. The maximum Gasteiger partial charge on any atom is 0.337 e. The van der Waals surface area contributed by atoms with Gasteiger partial charge in [0, 0.05) is 50.4 Å². The number of aromatic nitrogens is 1. The highest BCUT2D eigenvalue weighted by Gasteiger charge is 2.26. The van der Waals surface area contributed by atoms with Gasteiger partial charge in [-0.1, -0.05) is 12.1 Å². The van der Waals surface area contributed by atoms with Crippen LogP contribution >= 0.6 is 11.9 Å². The van der Waals surface area contributed by atoms with Crippen LogP contribution in [0.5, 0.6) is 0 Å². The maximum atomic E-state index is 11.4. The average Bonchev–Trinajstić information content (AvgIpc) is 3.27. The van der Waals surface area contributed by atoms with Gasteiger partial charge in [-0.2, -0.15) is 0 Å². The number of nitrogens with zero attached hydrogens (tertiary/aromatic N) is 4. The molecule has 7 nitrogen and oxygen atoms in total. The Bertz CT molecular complexity index is 864. The summed E-state index contributed by atoms with van der Waals surface area (Å²) < 4.78 is 3.34. The highest BCUT2D eigenvalue weighted by atomic mass is 32.2. The number of carboxylic acids is 1. The molecular weight excluding hydrogens is 386 g/mol. The number of hydrogen-bond donors (Lipinski definition) is 2. The fourth-order valence-electron chi connectivity index (χ4n) is 3.87. The summed E-state index contributed by atoms with van der Waals surface area (Å²) in [6.45, 7) is 8.05. The third-order valence-electron chi connectivity index (χ3n) is 5.42. The molecule has 2 N–H and O–H groups in total. The molecule has 0 radical (unpaired) electrons. The number of aryl methyl sites for hydroxylation is 1. The summed E-state index contributed by atoms with van der Waals surface area (Å²) in [6, 6.07) is 9.89. The second-order valence-corrected chi connectivity index (χ2v) is 8.40. The van der Waals surface area contributed by atoms with E-state index >= 15 is 0 Å². The van der Waals surface area contributed by atoms with E-state index in [-0.39, 0.29) is 5.56 Å². The zero-order chi connectivity index (χ0) is 20.2.